The molecule has 2 aromatic heterocycles. The Hall–Kier alpha value is -3.16. The summed E-state index contributed by atoms with van der Waals surface area (Å²) in [4.78, 5) is 23.8. The molecule has 0 spiro atoms. The summed E-state index contributed by atoms with van der Waals surface area (Å²) < 4.78 is 1.49. The molecule has 3 aromatic rings. The molecule has 0 saturated carbocycles. The molecule has 0 fully saturated rings. The first kappa shape index (κ1) is 15.7. The van der Waals surface area contributed by atoms with Crippen LogP contribution in [0.4, 0.5) is 0 Å². The highest BCUT2D eigenvalue weighted by Gasteiger charge is 2.27. The Bertz CT molecular complexity index is 859. The lowest BCUT2D eigenvalue weighted by Gasteiger charge is -2.15. The van der Waals surface area contributed by atoms with Crippen LogP contribution >= 0.6 is 0 Å². The lowest BCUT2D eigenvalue weighted by atomic mass is 10.1. The fourth-order valence-electron chi connectivity index (χ4n) is 2.69. The van der Waals surface area contributed by atoms with Crippen molar-refractivity contribution in [2.45, 2.75) is 26.4 Å². The van der Waals surface area contributed by atoms with Crippen LogP contribution in [0.25, 0.3) is 10.9 Å². The Morgan fingerprint density at radius 1 is 1.33 bits per heavy atom. The van der Waals surface area contributed by atoms with Crippen LogP contribution in [-0.4, -0.2) is 37.0 Å². The topological polar surface area (TPSA) is 113 Å². The molecule has 0 aliphatic rings. The van der Waals surface area contributed by atoms with Gasteiger partial charge in [0, 0.05) is 22.8 Å². The quantitative estimate of drug-likeness (QED) is 0.654. The van der Waals surface area contributed by atoms with E-state index in [4.69, 9.17) is 0 Å². The number of aromatic amines is 1. The van der Waals surface area contributed by atoms with Crippen LogP contribution in [-0.2, 0) is 16.1 Å². The molecule has 0 aliphatic carbocycles. The normalized spacial score (nSPS) is 12.2. The Kier molecular flexibility index (Phi) is 4.03. The van der Waals surface area contributed by atoms with E-state index in [1.807, 2.05) is 24.3 Å². The van der Waals surface area contributed by atoms with Crippen molar-refractivity contribution >= 4 is 22.8 Å². The summed E-state index contributed by atoms with van der Waals surface area (Å²) in [6.07, 6.45) is 1.75. The molecule has 3 rings (SSSR count). The van der Waals surface area contributed by atoms with Crippen LogP contribution in [0.3, 0.4) is 0 Å². The molecular weight excluding hydrogens is 310 g/mol. The first-order valence-electron chi connectivity index (χ1n) is 7.41. The minimum absolute atomic E-state index is 0.0611. The number of benzene rings is 1. The number of aryl methyl sites for hydroxylation is 2. The van der Waals surface area contributed by atoms with Gasteiger partial charge in [-0.3, -0.25) is 14.6 Å². The van der Waals surface area contributed by atoms with Crippen molar-refractivity contribution in [2.24, 2.45) is 0 Å². The number of carboxylic acids is 1. The highest BCUT2D eigenvalue weighted by atomic mass is 16.4. The third-order valence-electron chi connectivity index (χ3n) is 3.79. The molecule has 1 unspecified atom stereocenters. The highest BCUT2D eigenvalue weighted by molar-refractivity contribution is 5.85. The third kappa shape index (κ3) is 2.98. The highest BCUT2D eigenvalue weighted by Crippen LogP contribution is 2.20. The molecule has 2 heterocycles. The lowest BCUT2D eigenvalue weighted by molar-refractivity contribution is -0.142. The number of nitrogens with one attached hydrogen (secondary N) is 2. The van der Waals surface area contributed by atoms with E-state index in [0.717, 1.165) is 10.9 Å². The number of amides is 1. The summed E-state index contributed by atoms with van der Waals surface area (Å²) in [5, 5.41) is 23.9. The number of aliphatic carboxylic acids is 1. The number of rotatable bonds is 5. The maximum Gasteiger partial charge on any atom is 0.331 e. The number of hydrogen-bond acceptors (Lipinski definition) is 4. The molecule has 124 valence electrons. The second-order valence-corrected chi connectivity index (χ2v) is 5.57. The summed E-state index contributed by atoms with van der Waals surface area (Å²) >= 11 is 0. The van der Waals surface area contributed by atoms with E-state index >= 15 is 0 Å². The second kappa shape index (κ2) is 6.15. The van der Waals surface area contributed by atoms with Crippen LogP contribution in [0.15, 0.2) is 30.5 Å². The van der Waals surface area contributed by atoms with Crippen LogP contribution in [0, 0.1) is 13.8 Å². The zero-order valence-electron chi connectivity index (χ0n) is 13.3. The van der Waals surface area contributed by atoms with E-state index < -0.39 is 17.9 Å². The number of aromatic nitrogens is 4. The fourth-order valence-corrected chi connectivity index (χ4v) is 2.69. The van der Waals surface area contributed by atoms with E-state index in [1.165, 1.54) is 4.68 Å². The summed E-state index contributed by atoms with van der Waals surface area (Å²) in [5.74, 6) is -1.57. The van der Waals surface area contributed by atoms with E-state index in [0.29, 0.717) is 17.0 Å². The van der Waals surface area contributed by atoms with Crippen molar-refractivity contribution in [2.75, 3.05) is 0 Å². The Morgan fingerprint density at radius 2 is 2.08 bits per heavy atom. The van der Waals surface area contributed by atoms with Gasteiger partial charge in [-0.1, -0.05) is 18.2 Å². The van der Waals surface area contributed by atoms with Gasteiger partial charge in [-0.2, -0.15) is 10.2 Å². The van der Waals surface area contributed by atoms with Crippen LogP contribution in [0.5, 0.6) is 0 Å². The number of fused-ring (bicyclic) bond motifs is 1. The molecule has 24 heavy (non-hydrogen) atoms. The van der Waals surface area contributed by atoms with Crippen LogP contribution in [0.2, 0.25) is 0 Å². The monoisotopic (exact) mass is 327 g/mol. The van der Waals surface area contributed by atoms with Gasteiger partial charge in [0.05, 0.1) is 11.2 Å². The van der Waals surface area contributed by atoms with E-state index in [1.54, 1.807) is 20.0 Å². The molecular formula is C16H17N5O3. The van der Waals surface area contributed by atoms with Gasteiger partial charge in [0.25, 0.3) is 0 Å². The summed E-state index contributed by atoms with van der Waals surface area (Å²) in [7, 11) is 0. The van der Waals surface area contributed by atoms with Gasteiger partial charge in [-0.05, 0) is 19.9 Å². The fraction of sp³-hybridized carbons (Fsp3) is 0.250. The van der Waals surface area contributed by atoms with Gasteiger partial charge in [0.15, 0.2) is 6.04 Å². The zero-order valence-corrected chi connectivity index (χ0v) is 13.3. The predicted molar refractivity (Wildman–Crippen MR) is 86.3 cm³/mol. The number of carbonyl (C=O) groups is 2. The number of carbonyl (C=O) groups excluding carboxylic acids is 1. The molecule has 0 bridgehead atoms. The van der Waals surface area contributed by atoms with Crippen molar-refractivity contribution in [3.8, 4) is 0 Å². The Labute approximate surface area is 137 Å². The maximum atomic E-state index is 12.3. The Balaban J connectivity index is 1.78. The van der Waals surface area contributed by atoms with Gasteiger partial charge < -0.3 is 10.4 Å². The molecule has 1 aromatic carbocycles. The second-order valence-electron chi connectivity index (χ2n) is 5.57. The van der Waals surface area contributed by atoms with Gasteiger partial charge in [-0.15, -0.1) is 0 Å². The number of nitrogens with zero attached hydrogens (tertiary/aromatic N) is 3. The number of H-pyrrole nitrogens is 1. The SMILES string of the molecule is Cc1n[nH]c(C)c1C(NC(=O)Cn1cc2ccccc2n1)C(=O)O. The molecule has 8 heteroatoms. The molecule has 1 amide bonds. The minimum Gasteiger partial charge on any atom is -0.479 e. The van der Waals surface area contributed by atoms with Gasteiger partial charge in [-0.25, -0.2) is 4.79 Å². The van der Waals surface area contributed by atoms with Crippen molar-refractivity contribution < 1.29 is 14.7 Å². The van der Waals surface area contributed by atoms with Gasteiger partial charge in [0.2, 0.25) is 5.91 Å². The molecule has 0 saturated heterocycles. The number of hydrogen-bond donors (Lipinski definition) is 3. The molecule has 0 radical (unpaired) electrons. The van der Waals surface area contributed by atoms with E-state index in [2.05, 4.69) is 20.6 Å². The summed E-state index contributed by atoms with van der Waals surface area (Å²) in [5.41, 5.74) is 2.41. The molecule has 1 atom stereocenters. The van der Waals surface area contributed by atoms with Crippen molar-refractivity contribution in [1.29, 1.82) is 0 Å². The minimum atomic E-state index is -1.15. The van der Waals surface area contributed by atoms with E-state index in [-0.39, 0.29) is 6.54 Å². The first-order chi connectivity index (χ1) is 11.5. The molecule has 3 N–H and O–H groups in total. The smallest absolute Gasteiger partial charge is 0.331 e. The van der Waals surface area contributed by atoms with Crippen molar-refractivity contribution in [3.05, 3.63) is 47.4 Å². The number of carboxylic acid groups (broad SMARTS) is 1. The summed E-state index contributed by atoms with van der Waals surface area (Å²) in [6.45, 7) is 3.35. The largest absolute Gasteiger partial charge is 0.479 e. The average molecular weight is 327 g/mol. The van der Waals surface area contributed by atoms with Crippen molar-refractivity contribution in [3.63, 3.8) is 0 Å². The zero-order chi connectivity index (χ0) is 17.3. The standard InChI is InChI=1S/C16H17N5O3/c1-9-14(10(2)19-18-9)15(16(23)24)17-13(22)8-21-7-11-5-3-4-6-12(11)20-21/h3-7,15H,8H2,1-2H3,(H,17,22)(H,18,19)(H,23,24). The average Bonchev–Trinajstić information content (AvgIpc) is 3.07. The van der Waals surface area contributed by atoms with Crippen LogP contribution in [0.1, 0.15) is 23.0 Å². The van der Waals surface area contributed by atoms with Gasteiger partial charge >= 0.3 is 5.97 Å². The third-order valence-corrected chi connectivity index (χ3v) is 3.79. The first-order valence-corrected chi connectivity index (χ1v) is 7.41. The Morgan fingerprint density at radius 3 is 2.71 bits per heavy atom. The molecule has 8 nitrogen and oxygen atoms in total. The lowest BCUT2D eigenvalue weighted by Crippen LogP contribution is -2.36. The predicted octanol–water partition coefficient (Wildman–Crippen LogP) is 1.32. The van der Waals surface area contributed by atoms with E-state index in [9.17, 15) is 14.7 Å². The maximum absolute atomic E-state index is 12.3. The van der Waals surface area contributed by atoms with Crippen molar-refractivity contribution in [1.82, 2.24) is 25.3 Å². The summed E-state index contributed by atoms with van der Waals surface area (Å²) in [6, 6.07) is 6.35. The van der Waals surface area contributed by atoms with Gasteiger partial charge in [0.1, 0.15) is 6.54 Å². The molecule has 0 aliphatic heterocycles. The van der Waals surface area contributed by atoms with Crippen LogP contribution < -0.4 is 5.32 Å².